The minimum absolute atomic E-state index is 0.00577. The molecule has 0 aliphatic heterocycles. The normalized spacial score (nSPS) is 10.3. The first-order valence-electron chi connectivity index (χ1n) is 8.06. The van der Waals surface area contributed by atoms with E-state index in [0.717, 1.165) is 17.8 Å². The molecule has 2 aromatic carbocycles. The van der Waals surface area contributed by atoms with Gasteiger partial charge in [0.15, 0.2) is 0 Å². The second-order valence-electron chi connectivity index (χ2n) is 6.00. The number of nitrogens with one attached hydrogen (secondary N) is 3. The van der Waals surface area contributed by atoms with Crippen LogP contribution in [0.2, 0.25) is 0 Å². The first-order chi connectivity index (χ1) is 11.5. The Kier molecular flexibility index (Phi) is 6.37. The SMILES string of the molecule is CC(C)CCC(=O)Nc1ccc(NC(=O)Nc2ccccc2)cc1. The summed E-state index contributed by atoms with van der Waals surface area (Å²) in [5, 5.41) is 8.34. The maximum Gasteiger partial charge on any atom is 0.323 e. The Bertz CT molecular complexity index is 667. The van der Waals surface area contributed by atoms with Gasteiger partial charge in [0, 0.05) is 23.5 Å². The van der Waals surface area contributed by atoms with E-state index in [1.807, 2.05) is 30.3 Å². The zero-order valence-electron chi connectivity index (χ0n) is 14.0. The molecular weight excluding hydrogens is 302 g/mol. The van der Waals surface area contributed by atoms with Gasteiger partial charge in [0.1, 0.15) is 0 Å². The fourth-order valence-electron chi connectivity index (χ4n) is 2.10. The van der Waals surface area contributed by atoms with E-state index < -0.39 is 0 Å². The number of carbonyl (C=O) groups is 2. The molecule has 0 unspecified atom stereocenters. The van der Waals surface area contributed by atoms with E-state index in [9.17, 15) is 9.59 Å². The third-order valence-electron chi connectivity index (χ3n) is 3.41. The first kappa shape index (κ1) is 17.5. The second-order valence-corrected chi connectivity index (χ2v) is 6.00. The molecular formula is C19H23N3O2. The molecule has 0 aromatic heterocycles. The van der Waals surface area contributed by atoms with Crippen molar-refractivity contribution in [2.45, 2.75) is 26.7 Å². The van der Waals surface area contributed by atoms with Crippen LogP contribution >= 0.6 is 0 Å². The molecule has 0 radical (unpaired) electrons. The van der Waals surface area contributed by atoms with E-state index in [2.05, 4.69) is 29.8 Å². The summed E-state index contributed by atoms with van der Waals surface area (Å²) < 4.78 is 0. The fraction of sp³-hybridized carbons (Fsp3) is 0.263. The van der Waals surface area contributed by atoms with Gasteiger partial charge in [-0.25, -0.2) is 4.79 Å². The molecule has 0 fully saturated rings. The standard InChI is InChI=1S/C19H23N3O2/c1-14(2)8-13-18(23)20-16-9-11-17(12-10-16)22-19(24)21-15-6-4-3-5-7-15/h3-7,9-12,14H,8,13H2,1-2H3,(H,20,23)(H2,21,22,24). The van der Waals surface area contributed by atoms with Crippen molar-refractivity contribution in [2.75, 3.05) is 16.0 Å². The van der Waals surface area contributed by atoms with Gasteiger partial charge < -0.3 is 16.0 Å². The molecule has 5 nitrogen and oxygen atoms in total. The highest BCUT2D eigenvalue weighted by molar-refractivity contribution is 6.00. The van der Waals surface area contributed by atoms with Gasteiger partial charge in [-0.3, -0.25) is 4.79 Å². The Morgan fingerprint density at radius 2 is 1.29 bits per heavy atom. The van der Waals surface area contributed by atoms with E-state index in [-0.39, 0.29) is 11.9 Å². The van der Waals surface area contributed by atoms with E-state index in [1.54, 1.807) is 24.3 Å². The van der Waals surface area contributed by atoms with Gasteiger partial charge in [0.2, 0.25) is 5.91 Å². The summed E-state index contributed by atoms with van der Waals surface area (Å²) in [6.45, 7) is 4.18. The first-order valence-corrected chi connectivity index (χ1v) is 8.06. The molecule has 0 saturated heterocycles. The van der Waals surface area contributed by atoms with Crippen LogP contribution in [0.1, 0.15) is 26.7 Å². The molecule has 0 aliphatic rings. The average Bonchev–Trinajstić information content (AvgIpc) is 2.55. The number of hydrogen-bond donors (Lipinski definition) is 3. The molecule has 24 heavy (non-hydrogen) atoms. The van der Waals surface area contributed by atoms with Crippen LogP contribution in [0.4, 0.5) is 21.9 Å². The van der Waals surface area contributed by atoms with Crippen molar-refractivity contribution in [2.24, 2.45) is 5.92 Å². The highest BCUT2D eigenvalue weighted by atomic mass is 16.2. The summed E-state index contributed by atoms with van der Waals surface area (Å²) in [6, 6.07) is 16.0. The Labute approximate surface area is 142 Å². The van der Waals surface area contributed by atoms with E-state index >= 15 is 0 Å². The van der Waals surface area contributed by atoms with Crippen molar-refractivity contribution in [3.05, 3.63) is 54.6 Å². The van der Waals surface area contributed by atoms with Crippen LogP contribution in [0.5, 0.6) is 0 Å². The fourth-order valence-corrected chi connectivity index (χ4v) is 2.10. The van der Waals surface area contributed by atoms with Crippen LogP contribution in [0.15, 0.2) is 54.6 Å². The van der Waals surface area contributed by atoms with Gasteiger partial charge in [-0.1, -0.05) is 32.0 Å². The van der Waals surface area contributed by atoms with Crippen LogP contribution in [-0.2, 0) is 4.79 Å². The van der Waals surface area contributed by atoms with Gasteiger partial charge in [-0.15, -0.1) is 0 Å². The zero-order valence-corrected chi connectivity index (χ0v) is 14.0. The maximum atomic E-state index is 11.9. The van der Waals surface area contributed by atoms with Gasteiger partial charge >= 0.3 is 6.03 Å². The van der Waals surface area contributed by atoms with E-state index in [0.29, 0.717) is 18.0 Å². The van der Waals surface area contributed by atoms with Crippen molar-refractivity contribution in [3.63, 3.8) is 0 Å². The minimum atomic E-state index is -0.310. The summed E-state index contributed by atoms with van der Waals surface area (Å²) in [5.74, 6) is 0.511. The number of para-hydroxylation sites is 1. The Balaban J connectivity index is 1.83. The number of hydrogen-bond acceptors (Lipinski definition) is 2. The lowest BCUT2D eigenvalue weighted by molar-refractivity contribution is -0.116. The third kappa shape index (κ3) is 6.12. The van der Waals surface area contributed by atoms with Gasteiger partial charge in [-0.05, 0) is 48.7 Å². The van der Waals surface area contributed by atoms with Crippen molar-refractivity contribution >= 4 is 29.0 Å². The number of anilines is 3. The lowest BCUT2D eigenvalue weighted by atomic mass is 10.1. The van der Waals surface area contributed by atoms with Gasteiger partial charge in [-0.2, -0.15) is 0 Å². The zero-order chi connectivity index (χ0) is 17.4. The predicted molar refractivity (Wildman–Crippen MR) is 98.2 cm³/mol. The lowest BCUT2D eigenvalue weighted by Gasteiger charge is -2.09. The maximum absolute atomic E-state index is 11.9. The van der Waals surface area contributed by atoms with Crippen LogP contribution < -0.4 is 16.0 Å². The van der Waals surface area contributed by atoms with Crippen molar-refractivity contribution in [1.82, 2.24) is 0 Å². The summed E-state index contributed by atoms with van der Waals surface area (Å²) >= 11 is 0. The van der Waals surface area contributed by atoms with Crippen LogP contribution in [0, 0.1) is 5.92 Å². The number of rotatable bonds is 6. The number of carbonyl (C=O) groups excluding carboxylic acids is 2. The van der Waals surface area contributed by atoms with E-state index in [1.165, 1.54) is 0 Å². The largest absolute Gasteiger partial charge is 0.326 e. The van der Waals surface area contributed by atoms with Crippen LogP contribution in [0.3, 0.4) is 0 Å². The molecule has 0 bridgehead atoms. The summed E-state index contributed by atoms with van der Waals surface area (Å²) in [5.41, 5.74) is 2.10. The Morgan fingerprint density at radius 1 is 0.792 bits per heavy atom. The lowest BCUT2D eigenvalue weighted by Crippen LogP contribution is -2.19. The third-order valence-corrected chi connectivity index (χ3v) is 3.41. The molecule has 2 rings (SSSR count). The molecule has 0 atom stereocenters. The summed E-state index contributed by atoms with van der Waals surface area (Å²) in [6.07, 6.45) is 1.38. The summed E-state index contributed by atoms with van der Waals surface area (Å²) in [7, 11) is 0. The van der Waals surface area contributed by atoms with Gasteiger partial charge in [0.25, 0.3) is 0 Å². The average molecular weight is 325 g/mol. The molecule has 0 heterocycles. The highest BCUT2D eigenvalue weighted by Crippen LogP contribution is 2.15. The predicted octanol–water partition coefficient (Wildman–Crippen LogP) is 4.71. The number of urea groups is 1. The Morgan fingerprint density at radius 3 is 1.83 bits per heavy atom. The van der Waals surface area contributed by atoms with Crippen molar-refractivity contribution in [1.29, 1.82) is 0 Å². The van der Waals surface area contributed by atoms with Crippen molar-refractivity contribution < 1.29 is 9.59 Å². The smallest absolute Gasteiger partial charge is 0.323 e. The molecule has 126 valence electrons. The quantitative estimate of drug-likeness (QED) is 0.720. The number of benzene rings is 2. The minimum Gasteiger partial charge on any atom is -0.326 e. The van der Waals surface area contributed by atoms with Crippen LogP contribution in [0.25, 0.3) is 0 Å². The van der Waals surface area contributed by atoms with Crippen molar-refractivity contribution in [3.8, 4) is 0 Å². The second kappa shape index (κ2) is 8.72. The number of amides is 3. The molecule has 3 N–H and O–H groups in total. The Hall–Kier alpha value is -2.82. The monoisotopic (exact) mass is 325 g/mol. The summed E-state index contributed by atoms with van der Waals surface area (Å²) in [4.78, 5) is 23.7. The highest BCUT2D eigenvalue weighted by Gasteiger charge is 2.05. The molecule has 0 aliphatic carbocycles. The molecule has 3 amide bonds. The van der Waals surface area contributed by atoms with Crippen LogP contribution in [-0.4, -0.2) is 11.9 Å². The topological polar surface area (TPSA) is 70.2 Å². The molecule has 0 spiro atoms. The molecule has 2 aromatic rings. The van der Waals surface area contributed by atoms with Gasteiger partial charge in [0.05, 0.1) is 0 Å². The van der Waals surface area contributed by atoms with E-state index in [4.69, 9.17) is 0 Å². The molecule has 0 saturated carbocycles. The molecule has 5 heteroatoms.